The summed E-state index contributed by atoms with van der Waals surface area (Å²) in [6.45, 7) is 2.02. The zero-order valence-corrected chi connectivity index (χ0v) is 19.9. The van der Waals surface area contributed by atoms with E-state index in [1.54, 1.807) is 24.3 Å². The van der Waals surface area contributed by atoms with Gasteiger partial charge in [-0.1, -0.05) is 42.0 Å². The van der Waals surface area contributed by atoms with Crippen molar-refractivity contribution in [1.82, 2.24) is 5.32 Å². The van der Waals surface area contributed by atoms with Gasteiger partial charge >= 0.3 is 12.1 Å². The monoisotopic (exact) mass is 488 g/mol. The third-order valence-corrected chi connectivity index (χ3v) is 7.03. The van der Waals surface area contributed by atoms with Gasteiger partial charge in [0.25, 0.3) is 0 Å². The van der Waals surface area contributed by atoms with E-state index in [2.05, 4.69) is 27.3 Å². The highest BCUT2D eigenvalue weighted by molar-refractivity contribution is 7.91. The van der Waals surface area contributed by atoms with Crippen LogP contribution in [0.15, 0.2) is 94.7 Å². The Morgan fingerprint density at radius 3 is 1.74 bits per heavy atom. The molecule has 0 saturated heterocycles. The first-order chi connectivity index (χ1) is 16.7. The van der Waals surface area contributed by atoms with E-state index in [-0.39, 0.29) is 9.79 Å². The normalized spacial score (nSPS) is 11.0. The van der Waals surface area contributed by atoms with E-state index in [0.717, 1.165) is 16.3 Å². The van der Waals surface area contributed by atoms with Gasteiger partial charge in [-0.2, -0.15) is 0 Å². The Kier molecular flexibility index (Phi) is 6.70. The zero-order chi connectivity index (χ0) is 25.0. The predicted molar refractivity (Wildman–Crippen MR) is 138 cm³/mol. The number of anilines is 3. The van der Waals surface area contributed by atoms with Gasteiger partial charge in [0.05, 0.1) is 9.79 Å². The van der Waals surface area contributed by atoms with Gasteiger partial charge in [0.2, 0.25) is 9.84 Å². The van der Waals surface area contributed by atoms with Gasteiger partial charge in [-0.15, -0.1) is 0 Å². The van der Waals surface area contributed by atoms with E-state index in [1.807, 2.05) is 37.3 Å². The number of hydrogen-bond donors (Lipinski definition) is 4. The molecule has 4 amide bonds. The number of benzene rings is 4. The first-order valence-corrected chi connectivity index (χ1v) is 12.3. The third kappa shape index (κ3) is 5.59. The summed E-state index contributed by atoms with van der Waals surface area (Å²) in [4.78, 5) is 24.1. The average molecular weight is 489 g/mol. The van der Waals surface area contributed by atoms with Crippen LogP contribution in [0.2, 0.25) is 0 Å². The standard InChI is InChI=1S/C26H24N4O4S/c1-17-9-10-19-14-22(12-11-18(19)13-17)30-26(32)29-21-6-4-8-24(16-21)35(33,34)23-7-3-5-20(15-23)28-25(31)27-2/h3-16H,1-2H3,(H2,27,28,31)(H2,29,30,32). The molecular weight excluding hydrogens is 464 g/mol. The summed E-state index contributed by atoms with van der Waals surface area (Å²) in [6, 6.07) is 22.6. The van der Waals surface area contributed by atoms with Crippen LogP contribution in [0.25, 0.3) is 10.8 Å². The molecule has 0 bridgehead atoms. The van der Waals surface area contributed by atoms with E-state index >= 15 is 0 Å². The minimum absolute atomic E-state index is 0.00784. The minimum atomic E-state index is -3.89. The number of carbonyl (C=O) groups excluding carboxylic acids is 2. The molecule has 0 heterocycles. The van der Waals surface area contributed by atoms with Crippen molar-refractivity contribution in [3.8, 4) is 0 Å². The average Bonchev–Trinajstić information content (AvgIpc) is 2.84. The van der Waals surface area contributed by atoms with E-state index in [0.29, 0.717) is 17.1 Å². The van der Waals surface area contributed by atoms with Crippen molar-refractivity contribution in [3.63, 3.8) is 0 Å². The molecule has 0 fully saturated rings. The Balaban J connectivity index is 1.50. The lowest BCUT2D eigenvalue weighted by molar-refractivity contribution is 0.254. The largest absolute Gasteiger partial charge is 0.341 e. The molecule has 8 nitrogen and oxygen atoms in total. The first kappa shape index (κ1) is 23.8. The first-order valence-electron chi connectivity index (χ1n) is 10.8. The molecule has 0 aliphatic carbocycles. The lowest BCUT2D eigenvalue weighted by atomic mass is 10.1. The van der Waals surface area contributed by atoms with Crippen LogP contribution in [0, 0.1) is 6.92 Å². The lowest BCUT2D eigenvalue weighted by Crippen LogP contribution is -2.24. The smallest absolute Gasteiger partial charge is 0.323 e. The summed E-state index contributed by atoms with van der Waals surface area (Å²) in [6.07, 6.45) is 0. The van der Waals surface area contributed by atoms with E-state index in [4.69, 9.17) is 0 Å². The van der Waals surface area contributed by atoms with Crippen molar-refractivity contribution in [2.75, 3.05) is 23.0 Å². The van der Waals surface area contributed by atoms with E-state index in [9.17, 15) is 18.0 Å². The Morgan fingerprint density at radius 2 is 1.14 bits per heavy atom. The minimum Gasteiger partial charge on any atom is -0.341 e. The molecule has 0 aliphatic rings. The molecule has 4 N–H and O–H groups in total. The zero-order valence-electron chi connectivity index (χ0n) is 19.1. The maximum Gasteiger partial charge on any atom is 0.323 e. The summed E-state index contributed by atoms with van der Waals surface area (Å²) >= 11 is 0. The number of rotatable bonds is 5. The van der Waals surface area contributed by atoms with Crippen LogP contribution in [0.4, 0.5) is 26.7 Å². The highest BCUT2D eigenvalue weighted by Crippen LogP contribution is 2.26. The molecule has 0 unspecified atom stereocenters. The summed E-state index contributed by atoms with van der Waals surface area (Å²) < 4.78 is 26.3. The van der Waals surface area contributed by atoms with Gasteiger partial charge in [-0.3, -0.25) is 0 Å². The molecule has 0 radical (unpaired) electrons. The number of carbonyl (C=O) groups is 2. The quantitative estimate of drug-likeness (QED) is 0.302. The van der Waals surface area contributed by atoms with Crippen LogP contribution in [0.3, 0.4) is 0 Å². The van der Waals surface area contributed by atoms with Gasteiger partial charge in [-0.05, 0) is 66.2 Å². The number of fused-ring (bicyclic) bond motifs is 1. The van der Waals surface area contributed by atoms with E-state index in [1.165, 1.54) is 31.3 Å². The second kappa shape index (κ2) is 9.86. The van der Waals surface area contributed by atoms with Crippen molar-refractivity contribution in [2.24, 2.45) is 0 Å². The van der Waals surface area contributed by atoms with Crippen LogP contribution in [-0.4, -0.2) is 27.5 Å². The number of hydrogen-bond acceptors (Lipinski definition) is 4. The molecule has 4 aromatic carbocycles. The maximum absolute atomic E-state index is 13.2. The summed E-state index contributed by atoms with van der Waals surface area (Å²) in [5.41, 5.74) is 2.42. The molecule has 0 saturated carbocycles. The molecule has 0 aromatic heterocycles. The molecule has 9 heteroatoms. The highest BCUT2D eigenvalue weighted by atomic mass is 32.2. The Labute approximate surface area is 203 Å². The Hall–Kier alpha value is -4.37. The van der Waals surface area contributed by atoms with Gasteiger partial charge < -0.3 is 21.3 Å². The van der Waals surface area contributed by atoms with Crippen molar-refractivity contribution in [1.29, 1.82) is 0 Å². The van der Waals surface area contributed by atoms with Gasteiger partial charge in [-0.25, -0.2) is 18.0 Å². The summed E-state index contributed by atoms with van der Waals surface area (Å²) in [7, 11) is -2.43. The second-order valence-corrected chi connectivity index (χ2v) is 9.86. The van der Waals surface area contributed by atoms with Crippen molar-refractivity contribution in [2.45, 2.75) is 16.7 Å². The predicted octanol–water partition coefficient (Wildman–Crippen LogP) is 5.38. The van der Waals surface area contributed by atoms with Crippen molar-refractivity contribution in [3.05, 3.63) is 90.5 Å². The van der Waals surface area contributed by atoms with Gasteiger partial charge in [0, 0.05) is 24.1 Å². The lowest BCUT2D eigenvalue weighted by Gasteiger charge is -2.11. The number of aryl methyl sites for hydroxylation is 1. The van der Waals surface area contributed by atoms with Crippen LogP contribution >= 0.6 is 0 Å². The molecule has 178 valence electrons. The van der Waals surface area contributed by atoms with Crippen LogP contribution in [-0.2, 0) is 9.84 Å². The fourth-order valence-electron chi connectivity index (χ4n) is 3.55. The molecule has 0 aliphatic heterocycles. The Morgan fingerprint density at radius 1 is 0.629 bits per heavy atom. The summed E-state index contributed by atoms with van der Waals surface area (Å²) in [5, 5.41) is 12.5. The van der Waals surface area contributed by atoms with Gasteiger partial charge in [0.15, 0.2) is 0 Å². The van der Waals surface area contributed by atoms with E-state index < -0.39 is 21.9 Å². The summed E-state index contributed by atoms with van der Waals surface area (Å²) in [5.74, 6) is 0. The van der Waals surface area contributed by atoms with Crippen LogP contribution in [0.1, 0.15) is 5.56 Å². The fourth-order valence-corrected chi connectivity index (χ4v) is 4.90. The molecule has 4 aromatic rings. The Bertz CT molecular complexity index is 1530. The van der Waals surface area contributed by atoms with Crippen molar-refractivity contribution < 1.29 is 18.0 Å². The maximum atomic E-state index is 13.2. The molecule has 4 rings (SSSR count). The number of urea groups is 2. The van der Waals surface area contributed by atoms with Gasteiger partial charge in [0.1, 0.15) is 0 Å². The molecule has 0 atom stereocenters. The SMILES string of the molecule is CNC(=O)Nc1cccc(S(=O)(=O)c2cccc(NC(=O)Nc3ccc4cc(C)ccc4c3)c2)c1. The topological polar surface area (TPSA) is 116 Å². The van der Waals surface area contributed by atoms with Crippen LogP contribution < -0.4 is 21.3 Å². The fraction of sp³-hybridized carbons (Fsp3) is 0.0769. The number of nitrogens with one attached hydrogen (secondary N) is 4. The van der Waals surface area contributed by atoms with Crippen molar-refractivity contribution >= 4 is 49.7 Å². The van der Waals surface area contributed by atoms with Crippen LogP contribution in [0.5, 0.6) is 0 Å². The molecule has 35 heavy (non-hydrogen) atoms. The molecule has 0 spiro atoms. The molecular formula is C26H24N4O4S. The third-order valence-electron chi connectivity index (χ3n) is 5.29. The highest BCUT2D eigenvalue weighted by Gasteiger charge is 2.19. The number of sulfone groups is 1. The second-order valence-electron chi connectivity index (χ2n) is 7.91. The number of amides is 4.